The number of benzene rings is 1. The van der Waals surface area contributed by atoms with Crippen molar-refractivity contribution in [3.8, 4) is 0 Å². The van der Waals surface area contributed by atoms with E-state index in [1.54, 1.807) is 6.07 Å². The lowest BCUT2D eigenvalue weighted by atomic mass is 9.96. The molecule has 0 radical (unpaired) electrons. The van der Waals surface area contributed by atoms with Crippen molar-refractivity contribution in [3.05, 3.63) is 40.4 Å². The van der Waals surface area contributed by atoms with Crippen LogP contribution in [-0.2, 0) is 0 Å². The largest absolute Gasteiger partial charge is 0.309 e. The van der Waals surface area contributed by atoms with E-state index in [9.17, 15) is 4.79 Å². The normalized spacial score (nSPS) is 17.0. The van der Waals surface area contributed by atoms with Gasteiger partial charge in [0.05, 0.1) is 22.2 Å². The number of aromatic amines is 1. The number of nitrogens with zero attached hydrogens (tertiary/aromatic N) is 5. The number of aromatic nitrogens is 6. The molecule has 1 saturated carbocycles. The van der Waals surface area contributed by atoms with Crippen molar-refractivity contribution in [2.75, 3.05) is 0 Å². The van der Waals surface area contributed by atoms with Gasteiger partial charge in [0, 0.05) is 0 Å². The first-order chi connectivity index (χ1) is 12.2. The maximum absolute atomic E-state index is 12.3. The van der Waals surface area contributed by atoms with Crippen LogP contribution in [0.2, 0.25) is 0 Å². The molecule has 0 aliphatic heterocycles. The summed E-state index contributed by atoms with van der Waals surface area (Å²) in [5.74, 6) is 0.645. The Kier molecular flexibility index (Phi) is 4.52. The van der Waals surface area contributed by atoms with E-state index < -0.39 is 0 Å². The van der Waals surface area contributed by atoms with Crippen molar-refractivity contribution in [2.45, 2.75) is 55.5 Å². The maximum Gasteiger partial charge on any atom is 0.258 e. The van der Waals surface area contributed by atoms with Crippen LogP contribution in [0.4, 0.5) is 0 Å². The van der Waals surface area contributed by atoms with E-state index in [1.165, 1.54) is 31.0 Å². The lowest BCUT2D eigenvalue weighted by molar-refractivity contribution is 0.307. The molecule has 1 atom stereocenters. The molecule has 4 rings (SSSR count). The number of hydrogen-bond acceptors (Lipinski definition) is 6. The number of tetrazole rings is 1. The quantitative estimate of drug-likeness (QED) is 0.722. The van der Waals surface area contributed by atoms with Gasteiger partial charge in [-0.15, -0.1) is 5.10 Å². The second kappa shape index (κ2) is 6.95. The highest BCUT2D eigenvalue weighted by atomic mass is 32.2. The molecule has 8 heteroatoms. The first kappa shape index (κ1) is 16.3. The second-order valence-electron chi connectivity index (χ2n) is 6.43. The molecule has 0 amide bonds. The predicted octanol–water partition coefficient (Wildman–Crippen LogP) is 3.27. The topological polar surface area (TPSA) is 89.3 Å². The zero-order valence-electron chi connectivity index (χ0n) is 14.1. The minimum atomic E-state index is -0.111. The maximum atomic E-state index is 12.3. The Labute approximate surface area is 149 Å². The van der Waals surface area contributed by atoms with Gasteiger partial charge in [0.1, 0.15) is 5.82 Å². The van der Waals surface area contributed by atoms with Gasteiger partial charge in [-0.25, -0.2) is 9.67 Å². The van der Waals surface area contributed by atoms with Crippen LogP contribution in [0, 0.1) is 0 Å². The Bertz CT molecular complexity index is 930. The van der Waals surface area contributed by atoms with Gasteiger partial charge in [-0.2, -0.15) is 0 Å². The van der Waals surface area contributed by atoms with Crippen molar-refractivity contribution < 1.29 is 0 Å². The fourth-order valence-corrected chi connectivity index (χ4v) is 4.25. The predicted molar refractivity (Wildman–Crippen MR) is 96.6 cm³/mol. The number of hydrogen-bond donors (Lipinski definition) is 1. The Balaban J connectivity index is 1.59. The SMILES string of the molecule is C[C@@H](Sc1nnnn1C1CCCCC1)c1nc2ccccc2c(=O)[nH]1. The molecule has 0 unspecified atom stereocenters. The molecule has 1 fully saturated rings. The molecule has 130 valence electrons. The smallest absolute Gasteiger partial charge is 0.258 e. The number of thioether (sulfide) groups is 1. The highest BCUT2D eigenvalue weighted by Gasteiger charge is 2.22. The summed E-state index contributed by atoms with van der Waals surface area (Å²) >= 11 is 1.54. The van der Waals surface area contributed by atoms with Gasteiger partial charge in [0.2, 0.25) is 5.16 Å². The minimum absolute atomic E-state index is 0.0503. The molecule has 0 bridgehead atoms. The Morgan fingerprint density at radius 2 is 2.04 bits per heavy atom. The van der Waals surface area contributed by atoms with Gasteiger partial charge in [-0.1, -0.05) is 43.2 Å². The van der Waals surface area contributed by atoms with E-state index in [1.807, 2.05) is 29.8 Å². The van der Waals surface area contributed by atoms with Crippen LogP contribution in [-0.4, -0.2) is 30.2 Å². The third-order valence-electron chi connectivity index (χ3n) is 4.68. The molecule has 1 aliphatic rings. The van der Waals surface area contributed by atoms with E-state index in [4.69, 9.17) is 0 Å². The fraction of sp³-hybridized carbons (Fsp3) is 0.471. The van der Waals surface area contributed by atoms with Crippen molar-refractivity contribution in [3.63, 3.8) is 0 Å². The summed E-state index contributed by atoms with van der Waals surface area (Å²) in [6.07, 6.45) is 5.99. The molecule has 2 heterocycles. The summed E-state index contributed by atoms with van der Waals surface area (Å²) in [6, 6.07) is 7.75. The highest BCUT2D eigenvalue weighted by Crippen LogP contribution is 2.35. The van der Waals surface area contributed by atoms with Gasteiger partial charge in [-0.3, -0.25) is 4.79 Å². The zero-order valence-corrected chi connectivity index (χ0v) is 14.9. The average Bonchev–Trinajstić information content (AvgIpc) is 3.10. The first-order valence-electron chi connectivity index (χ1n) is 8.66. The van der Waals surface area contributed by atoms with Gasteiger partial charge in [0.25, 0.3) is 5.56 Å². The van der Waals surface area contributed by atoms with Gasteiger partial charge >= 0.3 is 0 Å². The number of H-pyrrole nitrogens is 1. The molecular weight excluding hydrogens is 336 g/mol. The lowest BCUT2D eigenvalue weighted by Gasteiger charge is -2.22. The number of fused-ring (bicyclic) bond motifs is 1. The van der Waals surface area contributed by atoms with Gasteiger partial charge in [0.15, 0.2) is 0 Å². The Morgan fingerprint density at radius 1 is 1.24 bits per heavy atom. The summed E-state index contributed by atoms with van der Waals surface area (Å²) in [7, 11) is 0. The third kappa shape index (κ3) is 3.30. The standard InChI is InChI=1S/C17H20N6OS/c1-11(15-18-14-10-6-5-9-13(14)16(24)19-15)25-17-20-21-22-23(17)12-7-3-2-4-8-12/h5-6,9-12H,2-4,7-8H2,1H3,(H,18,19,24)/t11-/m1/s1. The summed E-state index contributed by atoms with van der Waals surface area (Å²) < 4.78 is 1.94. The summed E-state index contributed by atoms with van der Waals surface area (Å²) in [5, 5.41) is 13.6. The van der Waals surface area contributed by atoms with Crippen LogP contribution in [0.5, 0.6) is 0 Å². The van der Waals surface area contributed by atoms with Crippen molar-refractivity contribution in [1.29, 1.82) is 0 Å². The minimum Gasteiger partial charge on any atom is -0.309 e. The Morgan fingerprint density at radius 3 is 2.88 bits per heavy atom. The van der Waals surface area contributed by atoms with E-state index in [2.05, 4.69) is 25.5 Å². The highest BCUT2D eigenvalue weighted by molar-refractivity contribution is 7.99. The van der Waals surface area contributed by atoms with E-state index in [0.29, 0.717) is 22.8 Å². The average molecular weight is 356 g/mol. The number of nitrogens with one attached hydrogen (secondary N) is 1. The van der Waals surface area contributed by atoms with Gasteiger partial charge < -0.3 is 4.98 Å². The van der Waals surface area contributed by atoms with Crippen LogP contribution in [0.1, 0.15) is 56.1 Å². The van der Waals surface area contributed by atoms with Gasteiger partial charge in [-0.05, 0) is 42.3 Å². The molecule has 1 aromatic carbocycles. The fourth-order valence-electron chi connectivity index (χ4n) is 3.33. The Hall–Kier alpha value is -2.22. The molecule has 7 nitrogen and oxygen atoms in total. The van der Waals surface area contributed by atoms with Crippen molar-refractivity contribution in [1.82, 2.24) is 30.2 Å². The van der Waals surface area contributed by atoms with Crippen LogP contribution in [0.25, 0.3) is 10.9 Å². The van der Waals surface area contributed by atoms with Crippen LogP contribution in [0.3, 0.4) is 0 Å². The molecule has 25 heavy (non-hydrogen) atoms. The molecule has 1 N–H and O–H groups in total. The molecule has 0 spiro atoms. The second-order valence-corrected chi connectivity index (χ2v) is 7.73. The number of para-hydroxylation sites is 1. The monoisotopic (exact) mass is 356 g/mol. The van der Waals surface area contributed by atoms with E-state index in [-0.39, 0.29) is 10.8 Å². The van der Waals surface area contributed by atoms with Crippen molar-refractivity contribution in [2.24, 2.45) is 0 Å². The van der Waals surface area contributed by atoms with E-state index >= 15 is 0 Å². The molecule has 1 aliphatic carbocycles. The lowest BCUT2D eigenvalue weighted by Crippen LogP contribution is -2.16. The zero-order chi connectivity index (χ0) is 17.2. The first-order valence-corrected chi connectivity index (χ1v) is 9.54. The molecule has 0 saturated heterocycles. The summed E-state index contributed by atoms with van der Waals surface area (Å²) in [5.41, 5.74) is 0.598. The van der Waals surface area contributed by atoms with E-state index in [0.717, 1.165) is 18.0 Å². The summed E-state index contributed by atoms with van der Waals surface area (Å²) in [4.78, 5) is 19.8. The molecule has 2 aromatic heterocycles. The number of rotatable bonds is 4. The molecular formula is C17H20N6OS. The van der Waals surface area contributed by atoms with Crippen molar-refractivity contribution >= 4 is 22.7 Å². The van der Waals surface area contributed by atoms with Crippen LogP contribution in [0.15, 0.2) is 34.2 Å². The van der Waals surface area contributed by atoms with Crippen LogP contribution < -0.4 is 5.56 Å². The van der Waals surface area contributed by atoms with Crippen LogP contribution >= 0.6 is 11.8 Å². The molecule has 3 aromatic rings. The third-order valence-corrected chi connectivity index (χ3v) is 5.74. The summed E-state index contributed by atoms with van der Waals surface area (Å²) in [6.45, 7) is 2.01.